The van der Waals surface area contributed by atoms with Crippen LogP contribution in [0.1, 0.15) is 29.5 Å². The van der Waals surface area contributed by atoms with Gasteiger partial charge in [0.1, 0.15) is 11.3 Å². The van der Waals surface area contributed by atoms with Crippen molar-refractivity contribution in [1.29, 1.82) is 0 Å². The van der Waals surface area contributed by atoms with E-state index in [4.69, 9.17) is 0 Å². The first-order valence-electron chi connectivity index (χ1n) is 10.2. The van der Waals surface area contributed by atoms with Crippen LogP contribution in [-0.2, 0) is 17.8 Å². The Bertz CT molecular complexity index is 1230. The Morgan fingerprint density at radius 2 is 1.88 bits per heavy atom. The summed E-state index contributed by atoms with van der Waals surface area (Å²) in [4.78, 5) is 21.3. The smallest absolute Gasteiger partial charge is 0.220 e. The fourth-order valence-electron chi connectivity index (χ4n) is 3.50. The van der Waals surface area contributed by atoms with E-state index >= 15 is 0 Å². The maximum absolute atomic E-state index is 13.7. The monoisotopic (exact) mass is 436 g/mol. The molecule has 0 aliphatic heterocycles. The van der Waals surface area contributed by atoms with Gasteiger partial charge in [0.25, 0.3) is 0 Å². The van der Waals surface area contributed by atoms with Gasteiger partial charge in [-0.25, -0.2) is 18.7 Å². The van der Waals surface area contributed by atoms with E-state index in [-0.39, 0.29) is 25.4 Å². The third kappa shape index (κ3) is 4.97. The van der Waals surface area contributed by atoms with E-state index in [2.05, 4.69) is 15.3 Å². The number of aromatic nitrogens is 3. The Hall–Kier alpha value is -3.65. The zero-order chi connectivity index (χ0) is 22.5. The summed E-state index contributed by atoms with van der Waals surface area (Å²) in [6.45, 7) is 0.351. The van der Waals surface area contributed by atoms with Gasteiger partial charge in [-0.05, 0) is 35.4 Å². The fourth-order valence-corrected chi connectivity index (χ4v) is 3.50. The molecule has 0 spiro atoms. The molecule has 4 rings (SSSR count). The highest BCUT2D eigenvalue weighted by molar-refractivity contribution is 5.76. The number of hydrogen-bond donors (Lipinski definition) is 2. The first-order valence-corrected chi connectivity index (χ1v) is 10.2. The molecule has 2 heterocycles. The van der Waals surface area contributed by atoms with E-state index in [0.717, 1.165) is 17.7 Å². The van der Waals surface area contributed by atoms with Gasteiger partial charge in [0.2, 0.25) is 5.91 Å². The SMILES string of the molecule is O=C(CCc1nc2cccnc2n1Cc1ccc(F)c(F)c1)NC[C@@H](O)c1ccccc1. The number of aliphatic hydroxyl groups is 1. The second-order valence-corrected chi connectivity index (χ2v) is 7.44. The lowest BCUT2D eigenvalue weighted by atomic mass is 10.1. The lowest BCUT2D eigenvalue weighted by Crippen LogP contribution is -2.28. The van der Waals surface area contributed by atoms with Gasteiger partial charge < -0.3 is 15.0 Å². The highest BCUT2D eigenvalue weighted by Gasteiger charge is 2.15. The molecular weight excluding hydrogens is 414 g/mol. The fraction of sp³-hybridized carbons (Fsp3) is 0.208. The first-order chi connectivity index (χ1) is 15.5. The molecule has 0 saturated carbocycles. The van der Waals surface area contributed by atoms with Gasteiger partial charge in [0.15, 0.2) is 17.3 Å². The van der Waals surface area contributed by atoms with Crippen molar-refractivity contribution in [3.05, 3.63) is 95.4 Å². The standard InChI is InChI=1S/C24H22F2N4O2/c25-18-9-8-16(13-19(18)26)15-30-22(29-20-7-4-12-27-24(20)30)10-11-23(32)28-14-21(31)17-5-2-1-3-6-17/h1-9,12-13,21,31H,10-11,14-15H2,(H,28,32)/t21-/m1/s1. The predicted molar refractivity (Wildman–Crippen MR) is 116 cm³/mol. The summed E-state index contributed by atoms with van der Waals surface area (Å²) in [5, 5.41) is 12.9. The van der Waals surface area contributed by atoms with E-state index in [9.17, 15) is 18.7 Å². The second-order valence-electron chi connectivity index (χ2n) is 7.44. The molecular formula is C24H22F2N4O2. The number of fused-ring (bicyclic) bond motifs is 1. The number of benzene rings is 2. The van der Waals surface area contributed by atoms with Crippen molar-refractivity contribution in [3.63, 3.8) is 0 Å². The Morgan fingerprint density at radius 3 is 2.66 bits per heavy atom. The molecule has 0 saturated heterocycles. The first kappa shape index (κ1) is 21.6. The maximum Gasteiger partial charge on any atom is 0.220 e. The molecule has 4 aromatic rings. The van der Waals surface area contributed by atoms with Crippen LogP contribution in [0, 0.1) is 11.6 Å². The molecule has 1 atom stereocenters. The molecule has 0 radical (unpaired) electrons. The van der Waals surface area contributed by atoms with Crippen LogP contribution in [0.25, 0.3) is 11.2 Å². The number of nitrogens with zero attached hydrogens (tertiary/aromatic N) is 3. The number of carbonyl (C=O) groups is 1. The zero-order valence-corrected chi connectivity index (χ0v) is 17.2. The van der Waals surface area contributed by atoms with Crippen LogP contribution in [0.2, 0.25) is 0 Å². The van der Waals surface area contributed by atoms with Crippen LogP contribution in [0.15, 0.2) is 66.9 Å². The third-order valence-corrected chi connectivity index (χ3v) is 5.16. The van der Waals surface area contributed by atoms with E-state index in [1.165, 1.54) is 6.07 Å². The molecule has 32 heavy (non-hydrogen) atoms. The van der Waals surface area contributed by atoms with Crippen molar-refractivity contribution in [1.82, 2.24) is 19.9 Å². The van der Waals surface area contributed by atoms with Gasteiger partial charge >= 0.3 is 0 Å². The van der Waals surface area contributed by atoms with E-state index in [1.54, 1.807) is 29.0 Å². The number of nitrogens with one attached hydrogen (secondary N) is 1. The molecule has 0 fully saturated rings. The lowest BCUT2D eigenvalue weighted by Gasteiger charge is -2.12. The predicted octanol–water partition coefficient (Wildman–Crippen LogP) is 3.54. The summed E-state index contributed by atoms with van der Waals surface area (Å²) in [5.74, 6) is -1.43. The van der Waals surface area contributed by atoms with Crippen molar-refractivity contribution in [2.24, 2.45) is 0 Å². The highest BCUT2D eigenvalue weighted by atomic mass is 19.2. The molecule has 8 heteroatoms. The van der Waals surface area contributed by atoms with Crippen molar-refractivity contribution in [3.8, 4) is 0 Å². The molecule has 0 aliphatic carbocycles. The number of aliphatic hydroxyl groups excluding tert-OH is 1. The summed E-state index contributed by atoms with van der Waals surface area (Å²) < 4.78 is 28.7. The van der Waals surface area contributed by atoms with Crippen molar-refractivity contribution >= 4 is 17.1 Å². The summed E-state index contributed by atoms with van der Waals surface area (Å²) in [7, 11) is 0. The van der Waals surface area contributed by atoms with Gasteiger partial charge in [-0.3, -0.25) is 4.79 Å². The van der Waals surface area contributed by atoms with Crippen LogP contribution in [0.4, 0.5) is 8.78 Å². The Labute approximate surface area is 183 Å². The lowest BCUT2D eigenvalue weighted by molar-refractivity contribution is -0.121. The summed E-state index contributed by atoms with van der Waals surface area (Å²) in [5.41, 5.74) is 2.55. The number of carbonyl (C=O) groups excluding carboxylic acids is 1. The van der Waals surface area contributed by atoms with E-state index in [0.29, 0.717) is 29.0 Å². The van der Waals surface area contributed by atoms with Gasteiger partial charge in [0, 0.05) is 25.6 Å². The van der Waals surface area contributed by atoms with Crippen LogP contribution in [-0.4, -0.2) is 32.1 Å². The van der Waals surface area contributed by atoms with Crippen molar-refractivity contribution < 1.29 is 18.7 Å². The number of rotatable bonds is 8. The molecule has 164 valence electrons. The third-order valence-electron chi connectivity index (χ3n) is 5.16. The number of hydrogen-bond acceptors (Lipinski definition) is 4. The van der Waals surface area contributed by atoms with Gasteiger partial charge in [-0.15, -0.1) is 0 Å². The largest absolute Gasteiger partial charge is 0.387 e. The topological polar surface area (TPSA) is 80.0 Å². The van der Waals surface area contributed by atoms with Crippen molar-refractivity contribution in [2.45, 2.75) is 25.5 Å². The Morgan fingerprint density at radius 1 is 1.06 bits per heavy atom. The number of halogens is 2. The van der Waals surface area contributed by atoms with E-state index < -0.39 is 17.7 Å². The second kappa shape index (κ2) is 9.65. The van der Waals surface area contributed by atoms with Gasteiger partial charge in [0.05, 0.1) is 12.6 Å². The minimum Gasteiger partial charge on any atom is -0.387 e. The van der Waals surface area contributed by atoms with Gasteiger partial charge in [-0.1, -0.05) is 36.4 Å². The normalized spacial score (nSPS) is 12.1. The Kier molecular flexibility index (Phi) is 6.51. The maximum atomic E-state index is 13.7. The number of imidazole rings is 1. The number of pyridine rings is 1. The van der Waals surface area contributed by atoms with Crippen LogP contribution < -0.4 is 5.32 Å². The minimum atomic E-state index is -0.919. The number of amides is 1. The average molecular weight is 436 g/mol. The van der Waals surface area contributed by atoms with Crippen LogP contribution in [0.5, 0.6) is 0 Å². The highest BCUT2D eigenvalue weighted by Crippen LogP contribution is 2.18. The molecule has 0 bridgehead atoms. The molecule has 2 aromatic carbocycles. The zero-order valence-electron chi connectivity index (χ0n) is 17.2. The summed E-state index contributed by atoms with van der Waals surface area (Å²) >= 11 is 0. The average Bonchev–Trinajstić information content (AvgIpc) is 3.16. The molecule has 1 amide bonds. The van der Waals surface area contributed by atoms with Crippen LogP contribution in [0.3, 0.4) is 0 Å². The summed E-state index contributed by atoms with van der Waals surface area (Å²) in [6.07, 6.45) is 1.32. The van der Waals surface area contributed by atoms with Crippen molar-refractivity contribution in [2.75, 3.05) is 6.54 Å². The Balaban J connectivity index is 1.45. The molecule has 6 nitrogen and oxygen atoms in total. The molecule has 2 aromatic heterocycles. The van der Waals surface area contributed by atoms with E-state index in [1.807, 2.05) is 24.3 Å². The van der Waals surface area contributed by atoms with Gasteiger partial charge in [-0.2, -0.15) is 0 Å². The van der Waals surface area contributed by atoms with Crippen LogP contribution >= 0.6 is 0 Å². The minimum absolute atomic E-state index is 0.107. The molecule has 0 unspecified atom stereocenters. The quantitative estimate of drug-likeness (QED) is 0.443. The summed E-state index contributed by atoms with van der Waals surface area (Å²) in [6, 6.07) is 16.4. The molecule has 2 N–H and O–H groups in total. The number of aryl methyl sites for hydroxylation is 1. The molecule has 0 aliphatic rings.